The van der Waals surface area contributed by atoms with Gasteiger partial charge in [-0.1, -0.05) is 0 Å². The minimum atomic E-state index is -0.0231. The minimum absolute atomic E-state index is 0.0231. The molecule has 1 amide bonds. The number of rotatable bonds is 3. The number of nitrogens with one attached hydrogen (secondary N) is 1. The first kappa shape index (κ1) is 14.3. The van der Waals surface area contributed by atoms with Gasteiger partial charge in [0.15, 0.2) is 0 Å². The standard InChI is InChI=1S/C15H21NO2S/c1-10-9-12(17)5-8-14(10)15(18)16-11-3-6-13(19-2)7-4-11/h5,8-9,11,13,17H,3-4,6-7H2,1-2H3,(H,16,18). The molecule has 2 N–H and O–H groups in total. The third-order valence-electron chi connectivity index (χ3n) is 3.80. The molecular weight excluding hydrogens is 258 g/mol. The molecule has 0 aromatic heterocycles. The van der Waals surface area contributed by atoms with Crippen LogP contribution in [0.3, 0.4) is 0 Å². The molecule has 0 unspecified atom stereocenters. The number of phenolic OH excluding ortho intramolecular Hbond substituents is 1. The van der Waals surface area contributed by atoms with Crippen LogP contribution in [0.5, 0.6) is 5.75 Å². The molecule has 1 aliphatic rings. The van der Waals surface area contributed by atoms with Crippen molar-refractivity contribution in [2.75, 3.05) is 6.26 Å². The highest BCUT2D eigenvalue weighted by Gasteiger charge is 2.22. The fraction of sp³-hybridized carbons (Fsp3) is 0.533. The van der Waals surface area contributed by atoms with E-state index in [4.69, 9.17) is 0 Å². The Balaban J connectivity index is 1.94. The summed E-state index contributed by atoms with van der Waals surface area (Å²) in [5, 5.41) is 13.2. The number of hydrogen-bond acceptors (Lipinski definition) is 3. The van der Waals surface area contributed by atoms with Gasteiger partial charge in [-0.15, -0.1) is 0 Å². The zero-order valence-corrected chi connectivity index (χ0v) is 12.3. The lowest BCUT2D eigenvalue weighted by atomic mass is 9.94. The van der Waals surface area contributed by atoms with Gasteiger partial charge in [0.05, 0.1) is 0 Å². The maximum atomic E-state index is 12.2. The normalized spacial score (nSPS) is 23.1. The van der Waals surface area contributed by atoms with Crippen molar-refractivity contribution in [3.63, 3.8) is 0 Å². The molecule has 0 radical (unpaired) electrons. The van der Waals surface area contributed by atoms with E-state index < -0.39 is 0 Å². The third-order valence-corrected chi connectivity index (χ3v) is 4.94. The second-order valence-electron chi connectivity index (χ2n) is 5.18. The van der Waals surface area contributed by atoms with Gasteiger partial charge in [0.2, 0.25) is 0 Å². The van der Waals surface area contributed by atoms with E-state index in [9.17, 15) is 9.90 Å². The fourth-order valence-electron chi connectivity index (χ4n) is 2.61. The van der Waals surface area contributed by atoms with E-state index in [2.05, 4.69) is 11.6 Å². The van der Waals surface area contributed by atoms with Crippen molar-refractivity contribution in [3.05, 3.63) is 29.3 Å². The summed E-state index contributed by atoms with van der Waals surface area (Å²) in [6.45, 7) is 1.85. The summed E-state index contributed by atoms with van der Waals surface area (Å²) in [5.41, 5.74) is 1.47. The van der Waals surface area contributed by atoms with Crippen LogP contribution in [0.2, 0.25) is 0 Å². The molecule has 0 aliphatic heterocycles. The quantitative estimate of drug-likeness (QED) is 0.894. The first-order valence-corrected chi connectivity index (χ1v) is 8.02. The van der Waals surface area contributed by atoms with E-state index >= 15 is 0 Å². The highest BCUT2D eigenvalue weighted by molar-refractivity contribution is 7.99. The number of benzene rings is 1. The average Bonchev–Trinajstić information content (AvgIpc) is 2.39. The average molecular weight is 279 g/mol. The van der Waals surface area contributed by atoms with E-state index in [-0.39, 0.29) is 11.7 Å². The van der Waals surface area contributed by atoms with E-state index in [0.29, 0.717) is 11.6 Å². The largest absolute Gasteiger partial charge is 0.508 e. The van der Waals surface area contributed by atoms with Crippen molar-refractivity contribution < 1.29 is 9.90 Å². The summed E-state index contributed by atoms with van der Waals surface area (Å²) < 4.78 is 0. The molecule has 0 atom stereocenters. The molecule has 2 rings (SSSR count). The lowest BCUT2D eigenvalue weighted by Crippen LogP contribution is -2.38. The Morgan fingerprint density at radius 3 is 2.58 bits per heavy atom. The Morgan fingerprint density at radius 2 is 2.00 bits per heavy atom. The van der Waals surface area contributed by atoms with Crippen LogP contribution in [0.1, 0.15) is 41.6 Å². The van der Waals surface area contributed by atoms with Crippen molar-refractivity contribution in [1.29, 1.82) is 0 Å². The van der Waals surface area contributed by atoms with E-state index in [1.807, 2.05) is 18.7 Å². The van der Waals surface area contributed by atoms with Crippen LogP contribution < -0.4 is 5.32 Å². The lowest BCUT2D eigenvalue weighted by molar-refractivity contribution is 0.0927. The second-order valence-corrected chi connectivity index (χ2v) is 6.32. The van der Waals surface area contributed by atoms with Gasteiger partial charge in [0.1, 0.15) is 5.75 Å². The summed E-state index contributed by atoms with van der Waals surface area (Å²) in [7, 11) is 0. The van der Waals surface area contributed by atoms with Gasteiger partial charge in [-0.25, -0.2) is 0 Å². The van der Waals surface area contributed by atoms with Crippen molar-refractivity contribution in [2.24, 2.45) is 0 Å². The first-order chi connectivity index (χ1) is 9.10. The number of phenols is 1. The maximum absolute atomic E-state index is 12.2. The maximum Gasteiger partial charge on any atom is 0.251 e. The summed E-state index contributed by atoms with van der Waals surface area (Å²) in [4.78, 5) is 12.2. The van der Waals surface area contributed by atoms with Crippen molar-refractivity contribution in [1.82, 2.24) is 5.32 Å². The number of carbonyl (C=O) groups excluding carboxylic acids is 1. The Hall–Kier alpha value is -1.16. The van der Waals surface area contributed by atoms with Crippen LogP contribution in [0.25, 0.3) is 0 Å². The Bertz CT molecular complexity index is 453. The topological polar surface area (TPSA) is 49.3 Å². The molecule has 0 heterocycles. The molecule has 4 heteroatoms. The number of aromatic hydroxyl groups is 1. The van der Waals surface area contributed by atoms with Crippen LogP contribution in [0.15, 0.2) is 18.2 Å². The first-order valence-electron chi connectivity index (χ1n) is 6.73. The third kappa shape index (κ3) is 3.66. The number of hydrogen-bond donors (Lipinski definition) is 2. The van der Waals surface area contributed by atoms with Crippen LogP contribution >= 0.6 is 11.8 Å². The van der Waals surface area contributed by atoms with Crippen LogP contribution in [-0.4, -0.2) is 28.6 Å². The van der Waals surface area contributed by atoms with Crippen molar-refractivity contribution in [2.45, 2.75) is 43.9 Å². The Labute approximate surface area is 118 Å². The lowest BCUT2D eigenvalue weighted by Gasteiger charge is -2.28. The number of carbonyl (C=O) groups is 1. The van der Waals surface area contributed by atoms with Crippen LogP contribution in [-0.2, 0) is 0 Å². The highest BCUT2D eigenvalue weighted by Crippen LogP contribution is 2.27. The minimum Gasteiger partial charge on any atom is -0.508 e. The molecule has 104 valence electrons. The highest BCUT2D eigenvalue weighted by atomic mass is 32.2. The van der Waals surface area contributed by atoms with E-state index in [0.717, 1.165) is 23.7 Å². The molecular formula is C15H21NO2S. The second kappa shape index (κ2) is 6.33. The summed E-state index contributed by atoms with van der Waals surface area (Å²) in [5.74, 6) is 0.180. The van der Waals surface area contributed by atoms with Gasteiger partial charge in [-0.05, 0) is 62.6 Å². The van der Waals surface area contributed by atoms with Gasteiger partial charge >= 0.3 is 0 Å². The van der Waals surface area contributed by atoms with Crippen LogP contribution in [0.4, 0.5) is 0 Å². The van der Waals surface area contributed by atoms with Crippen molar-refractivity contribution >= 4 is 17.7 Å². The molecule has 3 nitrogen and oxygen atoms in total. The van der Waals surface area contributed by atoms with Crippen LogP contribution in [0, 0.1) is 6.92 Å². The molecule has 1 fully saturated rings. The van der Waals surface area contributed by atoms with E-state index in [1.54, 1.807) is 18.2 Å². The molecule has 0 saturated heterocycles. The zero-order valence-electron chi connectivity index (χ0n) is 11.5. The number of amides is 1. The zero-order chi connectivity index (χ0) is 13.8. The molecule has 1 aliphatic carbocycles. The molecule has 1 saturated carbocycles. The Morgan fingerprint density at radius 1 is 1.32 bits per heavy atom. The summed E-state index contributed by atoms with van der Waals surface area (Å²) >= 11 is 1.93. The van der Waals surface area contributed by atoms with Gasteiger partial charge in [-0.3, -0.25) is 4.79 Å². The number of thioether (sulfide) groups is 1. The molecule has 19 heavy (non-hydrogen) atoms. The predicted molar refractivity (Wildman–Crippen MR) is 79.9 cm³/mol. The van der Waals surface area contributed by atoms with Gasteiger partial charge < -0.3 is 10.4 Å². The molecule has 0 bridgehead atoms. The smallest absolute Gasteiger partial charge is 0.251 e. The summed E-state index contributed by atoms with van der Waals surface area (Å²) in [6, 6.07) is 5.17. The van der Waals surface area contributed by atoms with Gasteiger partial charge in [0, 0.05) is 16.9 Å². The fourth-order valence-corrected chi connectivity index (χ4v) is 3.35. The molecule has 0 spiro atoms. The molecule has 1 aromatic rings. The monoisotopic (exact) mass is 279 g/mol. The number of aryl methyl sites for hydroxylation is 1. The Kier molecular flexibility index (Phi) is 4.75. The molecule has 1 aromatic carbocycles. The van der Waals surface area contributed by atoms with Gasteiger partial charge in [-0.2, -0.15) is 11.8 Å². The predicted octanol–water partition coefficient (Wildman–Crippen LogP) is 3.10. The van der Waals surface area contributed by atoms with E-state index in [1.165, 1.54) is 12.8 Å². The van der Waals surface area contributed by atoms with Gasteiger partial charge in [0.25, 0.3) is 5.91 Å². The summed E-state index contributed by atoms with van der Waals surface area (Å²) in [6.07, 6.45) is 6.65. The van der Waals surface area contributed by atoms with Crippen molar-refractivity contribution in [3.8, 4) is 5.75 Å². The SMILES string of the molecule is CSC1CCC(NC(=O)c2ccc(O)cc2C)CC1.